The summed E-state index contributed by atoms with van der Waals surface area (Å²) in [6.45, 7) is 0. The molecule has 134 valence electrons. The minimum Gasteiger partial charge on any atom is -0.496 e. The van der Waals surface area contributed by atoms with Gasteiger partial charge in [-0.1, -0.05) is 6.07 Å². The largest absolute Gasteiger partial charge is 0.496 e. The van der Waals surface area contributed by atoms with E-state index in [1.54, 1.807) is 0 Å². The predicted octanol–water partition coefficient (Wildman–Crippen LogP) is 4.96. The van der Waals surface area contributed by atoms with Gasteiger partial charge in [0.15, 0.2) is 5.52 Å². The van der Waals surface area contributed by atoms with E-state index in [0.29, 0.717) is 0 Å². The van der Waals surface area contributed by atoms with Crippen molar-refractivity contribution in [2.75, 3.05) is 7.11 Å². The monoisotopic (exact) mass is 364 g/mol. The number of fused-ring (bicyclic) bond motifs is 1. The molecule has 0 saturated carbocycles. The Morgan fingerprint density at radius 1 is 1.12 bits per heavy atom. The molecule has 6 nitrogen and oxygen atoms in total. The van der Waals surface area contributed by atoms with Gasteiger partial charge in [0.25, 0.3) is 5.69 Å². The van der Waals surface area contributed by atoms with Crippen LogP contribution in [0.5, 0.6) is 17.2 Å². The molecule has 0 unspecified atom stereocenters. The van der Waals surface area contributed by atoms with E-state index >= 15 is 0 Å². The third-order valence-electron chi connectivity index (χ3n) is 3.58. The lowest BCUT2D eigenvalue weighted by atomic mass is 10.1. The molecular weight excluding hydrogens is 353 g/mol. The smallest absolute Gasteiger partial charge is 0.416 e. The van der Waals surface area contributed by atoms with Crippen molar-refractivity contribution >= 4 is 16.6 Å². The van der Waals surface area contributed by atoms with Crippen LogP contribution in [0.2, 0.25) is 0 Å². The van der Waals surface area contributed by atoms with Crippen LogP contribution in [0, 0.1) is 10.1 Å². The number of nitro benzene ring substituents is 1. The zero-order valence-electron chi connectivity index (χ0n) is 13.3. The molecule has 3 rings (SSSR count). The van der Waals surface area contributed by atoms with E-state index in [2.05, 4.69) is 4.98 Å². The number of nitrogens with zero attached hydrogens (tertiary/aromatic N) is 2. The number of nitro groups is 1. The summed E-state index contributed by atoms with van der Waals surface area (Å²) in [7, 11) is 1.34. The van der Waals surface area contributed by atoms with Crippen molar-refractivity contribution in [3.8, 4) is 17.2 Å². The van der Waals surface area contributed by atoms with E-state index in [-0.39, 0.29) is 33.8 Å². The summed E-state index contributed by atoms with van der Waals surface area (Å²) in [4.78, 5) is 14.6. The Balaban J connectivity index is 2.12. The Labute approximate surface area is 144 Å². The van der Waals surface area contributed by atoms with Crippen molar-refractivity contribution in [3.63, 3.8) is 0 Å². The summed E-state index contributed by atoms with van der Waals surface area (Å²) >= 11 is 0. The first-order valence-electron chi connectivity index (χ1n) is 7.26. The number of ether oxygens (including phenoxy) is 2. The zero-order valence-corrected chi connectivity index (χ0v) is 13.3. The van der Waals surface area contributed by atoms with E-state index in [4.69, 9.17) is 9.47 Å². The third kappa shape index (κ3) is 3.37. The number of hydrogen-bond donors (Lipinski definition) is 0. The molecule has 0 aliphatic carbocycles. The number of alkyl halides is 3. The standard InChI is InChI=1S/C17H11F3N2O4/c1-25-12-8-13-15(5-6-21-16(13)14(9-12)22(23)24)26-11-4-2-3-10(7-11)17(18,19)20/h2-9H,1H3. The maximum atomic E-state index is 12.8. The summed E-state index contributed by atoms with van der Waals surface area (Å²) in [5, 5.41) is 11.5. The topological polar surface area (TPSA) is 74.5 Å². The molecule has 0 amide bonds. The van der Waals surface area contributed by atoms with Gasteiger partial charge in [0.05, 0.1) is 29.0 Å². The maximum absolute atomic E-state index is 12.8. The highest BCUT2D eigenvalue weighted by Crippen LogP contribution is 2.38. The van der Waals surface area contributed by atoms with Crippen LogP contribution in [0.15, 0.2) is 48.7 Å². The van der Waals surface area contributed by atoms with Crippen LogP contribution in [0.25, 0.3) is 10.9 Å². The number of non-ortho nitro benzene ring substituents is 1. The van der Waals surface area contributed by atoms with Gasteiger partial charge in [-0.3, -0.25) is 10.1 Å². The highest BCUT2D eigenvalue weighted by Gasteiger charge is 2.30. The van der Waals surface area contributed by atoms with Crippen LogP contribution in [0.1, 0.15) is 5.56 Å². The van der Waals surface area contributed by atoms with Gasteiger partial charge in [0.2, 0.25) is 0 Å². The molecule has 0 bridgehead atoms. The summed E-state index contributed by atoms with van der Waals surface area (Å²) in [5.74, 6) is 0.264. The molecule has 0 aliphatic rings. The normalized spacial score (nSPS) is 11.4. The van der Waals surface area contributed by atoms with E-state index < -0.39 is 16.7 Å². The fourth-order valence-corrected chi connectivity index (χ4v) is 2.40. The van der Waals surface area contributed by atoms with Crippen LogP contribution < -0.4 is 9.47 Å². The van der Waals surface area contributed by atoms with Crippen molar-refractivity contribution in [2.45, 2.75) is 6.18 Å². The quantitative estimate of drug-likeness (QED) is 0.483. The zero-order chi connectivity index (χ0) is 18.9. The van der Waals surface area contributed by atoms with Crippen molar-refractivity contribution in [1.29, 1.82) is 0 Å². The van der Waals surface area contributed by atoms with Crippen LogP contribution in [-0.2, 0) is 6.18 Å². The lowest BCUT2D eigenvalue weighted by Crippen LogP contribution is -2.04. The molecule has 0 N–H and O–H groups in total. The van der Waals surface area contributed by atoms with E-state index in [9.17, 15) is 23.3 Å². The second-order valence-electron chi connectivity index (χ2n) is 5.24. The molecule has 0 saturated heterocycles. The van der Waals surface area contributed by atoms with E-state index in [1.807, 2.05) is 0 Å². The van der Waals surface area contributed by atoms with Gasteiger partial charge in [0, 0.05) is 6.20 Å². The van der Waals surface area contributed by atoms with Crippen molar-refractivity contribution < 1.29 is 27.6 Å². The van der Waals surface area contributed by atoms with Crippen molar-refractivity contribution in [1.82, 2.24) is 4.98 Å². The van der Waals surface area contributed by atoms with Crippen molar-refractivity contribution in [2.24, 2.45) is 0 Å². The van der Waals surface area contributed by atoms with Gasteiger partial charge in [-0.15, -0.1) is 0 Å². The number of benzene rings is 2. The van der Waals surface area contributed by atoms with E-state index in [1.165, 1.54) is 43.6 Å². The Bertz CT molecular complexity index is 989. The molecule has 2 aromatic carbocycles. The highest BCUT2D eigenvalue weighted by atomic mass is 19.4. The number of pyridine rings is 1. The number of methoxy groups -OCH3 is 1. The number of halogens is 3. The minimum atomic E-state index is -4.51. The second kappa shape index (κ2) is 6.51. The van der Waals surface area contributed by atoms with Gasteiger partial charge < -0.3 is 9.47 Å². The molecule has 0 radical (unpaired) electrons. The lowest BCUT2D eigenvalue weighted by molar-refractivity contribution is -0.383. The first kappa shape index (κ1) is 17.5. The molecular formula is C17H11F3N2O4. The van der Waals surface area contributed by atoms with Crippen LogP contribution in [-0.4, -0.2) is 17.0 Å². The van der Waals surface area contributed by atoms with Crippen LogP contribution >= 0.6 is 0 Å². The number of hydrogen-bond acceptors (Lipinski definition) is 5. The van der Waals surface area contributed by atoms with Gasteiger partial charge in [-0.05, 0) is 30.3 Å². The lowest BCUT2D eigenvalue weighted by Gasteiger charge is -2.12. The molecule has 0 aliphatic heterocycles. The van der Waals surface area contributed by atoms with E-state index in [0.717, 1.165) is 12.1 Å². The third-order valence-corrected chi connectivity index (χ3v) is 3.58. The molecule has 0 fully saturated rings. The first-order valence-corrected chi connectivity index (χ1v) is 7.26. The Morgan fingerprint density at radius 3 is 2.54 bits per heavy atom. The Hall–Kier alpha value is -3.36. The van der Waals surface area contributed by atoms with Gasteiger partial charge in [0.1, 0.15) is 17.2 Å². The molecule has 0 spiro atoms. The molecule has 3 aromatic rings. The highest BCUT2D eigenvalue weighted by molar-refractivity contribution is 5.93. The fraction of sp³-hybridized carbons (Fsp3) is 0.118. The molecule has 1 heterocycles. The predicted molar refractivity (Wildman–Crippen MR) is 86.5 cm³/mol. The van der Waals surface area contributed by atoms with Gasteiger partial charge in [-0.25, -0.2) is 4.98 Å². The Morgan fingerprint density at radius 2 is 1.88 bits per heavy atom. The minimum absolute atomic E-state index is 0.0419. The maximum Gasteiger partial charge on any atom is 0.416 e. The average Bonchev–Trinajstić information content (AvgIpc) is 2.60. The van der Waals surface area contributed by atoms with Crippen LogP contribution in [0.3, 0.4) is 0 Å². The molecule has 1 aromatic heterocycles. The summed E-state index contributed by atoms with van der Waals surface area (Å²) in [5.41, 5.74) is -1.12. The summed E-state index contributed by atoms with van der Waals surface area (Å²) in [6.07, 6.45) is -3.23. The first-order chi connectivity index (χ1) is 12.3. The fourth-order valence-electron chi connectivity index (χ4n) is 2.40. The summed E-state index contributed by atoms with van der Waals surface area (Å²) < 4.78 is 49.1. The SMILES string of the molecule is COc1cc([N+](=O)[O-])c2nccc(Oc3cccc(C(F)(F)F)c3)c2c1. The van der Waals surface area contributed by atoms with Crippen molar-refractivity contribution in [3.05, 3.63) is 64.3 Å². The molecule has 0 atom stereocenters. The molecule has 9 heteroatoms. The molecule has 26 heavy (non-hydrogen) atoms. The number of aromatic nitrogens is 1. The average molecular weight is 364 g/mol. The number of rotatable bonds is 4. The van der Waals surface area contributed by atoms with Gasteiger partial charge in [-0.2, -0.15) is 13.2 Å². The van der Waals surface area contributed by atoms with Crippen LogP contribution in [0.4, 0.5) is 18.9 Å². The Kier molecular flexibility index (Phi) is 4.37. The van der Waals surface area contributed by atoms with Gasteiger partial charge >= 0.3 is 6.18 Å². The second-order valence-corrected chi connectivity index (χ2v) is 5.24. The summed E-state index contributed by atoms with van der Waals surface area (Å²) in [6, 6.07) is 8.43.